The molecule has 0 atom stereocenters. The molecule has 0 fully saturated rings. The first kappa shape index (κ1) is 17.2. The zero-order valence-corrected chi connectivity index (χ0v) is 14.0. The number of nitriles is 1. The highest BCUT2D eigenvalue weighted by Gasteiger charge is 2.23. The van der Waals surface area contributed by atoms with Gasteiger partial charge in [0.1, 0.15) is 0 Å². The average Bonchev–Trinajstić information content (AvgIpc) is 2.59. The van der Waals surface area contributed by atoms with Gasteiger partial charge in [-0.2, -0.15) is 9.57 Å². The molecule has 0 unspecified atom stereocenters. The highest BCUT2D eigenvalue weighted by atomic mass is 32.2. The van der Waals surface area contributed by atoms with Gasteiger partial charge in [-0.1, -0.05) is 49.4 Å². The van der Waals surface area contributed by atoms with Crippen molar-refractivity contribution in [3.05, 3.63) is 54.6 Å². The molecule has 0 radical (unpaired) electrons. The van der Waals surface area contributed by atoms with Crippen LogP contribution in [-0.2, 0) is 10.0 Å². The van der Waals surface area contributed by atoms with Gasteiger partial charge >= 0.3 is 0 Å². The standard InChI is InChI=1S/C18H20N2O2S/c1-2-14-20(15-6-13-19)23(21,22)18-11-9-17(10-12-18)16-7-4-3-5-8-16/h3-5,7-12H,2,6,14-15H2,1H3. The molecule has 0 aliphatic carbocycles. The lowest BCUT2D eigenvalue weighted by atomic mass is 10.1. The van der Waals surface area contributed by atoms with Crippen molar-refractivity contribution < 1.29 is 8.42 Å². The van der Waals surface area contributed by atoms with Crippen LogP contribution in [0.4, 0.5) is 0 Å². The molecule has 2 aromatic rings. The molecule has 0 aliphatic heterocycles. The smallest absolute Gasteiger partial charge is 0.207 e. The molecule has 2 aromatic carbocycles. The second-order valence-corrected chi connectivity index (χ2v) is 7.14. The third-order valence-corrected chi connectivity index (χ3v) is 5.46. The first-order valence-electron chi connectivity index (χ1n) is 7.62. The zero-order valence-electron chi connectivity index (χ0n) is 13.1. The number of hydrogen-bond acceptors (Lipinski definition) is 3. The fourth-order valence-corrected chi connectivity index (χ4v) is 3.91. The van der Waals surface area contributed by atoms with E-state index in [1.807, 2.05) is 55.5 Å². The molecule has 0 spiro atoms. The highest BCUT2D eigenvalue weighted by Crippen LogP contribution is 2.23. The maximum absolute atomic E-state index is 12.7. The van der Waals surface area contributed by atoms with Crippen molar-refractivity contribution in [2.24, 2.45) is 0 Å². The van der Waals surface area contributed by atoms with Crippen LogP contribution in [-0.4, -0.2) is 25.8 Å². The van der Waals surface area contributed by atoms with Crippen molar-refractivity contribution in [1.82, 2.24) is 4.31 Å². The lowest BCUT2D eigenvalue weighted by molar-refractivity contribution is 0.417. The highest BCUT2D eigenvalue weighted by molar-refractivity contribution is 7.89. The van der Waals surface area contributed by atoms with E-state index in [0.717, 1.165) is 11.1 Å². The van der Waals surface area contributed by atoms with E-state index in [4.69, 9.17) is 5.26 Å². The van der Waals surface area contributed by atoms with Gasteiger partial charge in [-0.25, -0.2) is 8.42 Å². The quantitative estimate of drug-likeness (QED) is 0.779. The van der Waals surface area contributed by atoms with Crippen molar-refractivity contribution in [1.29, 1.82) is 5.26 Å². The fourth-order valence-electron chi connectivity index (χ4n) is 2.38. The molecule has 23 heavy (non-hydrogen) atoms. The van der Waals surface area contributed by atoms with E-state index in [1.54, 1.807) is 12.1 Å². The Kier molecular flexibility index (Phi) is 5.91. The molecule has 4 nitrogen and oxygen atoms in total. The largest absolute Gasteiger partial charge is 0.243 e. The molecule has 120 valence electrons. The summed E-state index contributed by atoms with van der Waals surface area (Å²) >= 11 is 0. The molecule has 0 aliphatic rings. The van der Waals surface area contributed by atoms with Crippen LogP contribution in [0, 0.1) is 11.3 Å². The van der Waals surface area contributed by atoms with E-state index in [1.165, 1.54) is 4.31 Å². The summed E-state index contributed by atoms with van der Waals surface area (Å²) in [5.74, 6) is 0. The van der Waals surface area contributed by atoms with Crippen LogP contribution in [0.3, 0.4) is 0 Å². The Bertz CT molecular complexity index is 763. The minimum absolute atomic E-state index is 0.196. The molecule has 0 aromatic heterocycles. The fraction of sp³-hybridized carbons (Fsp3) is 0.278. The van der Waals surface area contributed by atoms with Crippen molar-refractivity contribution >= 4 is 10.0 Å². The van der Waals surface area contributed by atoms with Crippen molar-refractivity contribution in [3.8, 4) is 17.2 Å². The topological polar surface area (TPSA) is 61.2 Å². The van der Waals surface area contributed by atoms with Crippen LogP contribution in [0.5, 0.6) is 0 Å². The third kappa shape index (κ3) is 4.19. The summed E-state index contributed by atoms with van der Waals surface area (Å²) in [6, 6.07) is 18.7. The van der Waals surface area contributed by atoms with Crippen LogP contribution < -0.4 is 0 Å². The summed E-state index contributed by atoms with van der Waals surface area (Å²) in [4.78, 5) is 0.267. The Morgan fingerprint density at radius 1 is 0.957 bits per heavy atom. The summed E-state index contributed by atoms with van der Waals surface area (Å²) in [6.07, 6.45) is 0.911. The molecule has 0 N–H and O–H groups in total. The number of rotatable bonds is 7. The summed E-state index contributed by atoms with van der Waals surface area (Å²) in [5.41, 5.74) is 2.02. The van der Waals surface area contributed by atoms with E-state index in [9.17, 15) is 8.42 Å². The normalized spacial score (nSPS) is 11.3. The van der Waals surface area contributed by atoms with E-state index < -0.39 is 10.0 Å². The summed E-state index contributed by atoms with van der Waals surface area (Å²) < 4.78 is 26.8. The number of benzene rings is 2. The van der Waals surface area contributed by atoms with Crippen molar-refractivity contribution in [2.45, 2.75) is 24.7 Å². The van der Waals surface area contributed by atoms with E-state index in [2.05, 4.69) is 0 Å². The molecule has 2 rings (SSSR count). The lowest BCUT2D eigenvalue weighted by Crippen LogP contribution is -2.32. The van der Waals surface area contributed by atoms with Crippen LogP contribution in [0.2, 0.25) is 0 Å². The van der Waals surface area contributed by atoms with Gasteiger partial charge < -0.3 is 0 Å². The maximum atomic E-state index is 12.7. The van der Waals surface area contributed by atoms with Crippen LogP contribution in [0.25, 0.3) is 11.1 Å². The van der Waals surface area contributed by atoms with Gasteiger partial charge in [0, 0.05) is 19.5 Å². The first-order chi connectivity index (χ1) is 11.1. The Balaban J connectivity index is 2.27. The van der Waals surface area contributed by atoms with Crippen molar-refractivity contribution in [3.63, 3.8) is 0 Å². The van der Waals surface area contributed by atoms with Gasteiger partial charge in [0.15, 0.2) is 0 Å². The monoisotopic (exact) mass is 328 g/mol. The Hall–Kier alpha value is -2.16. The number of sulfonamides is 1. The van der Waals surface area contributed by atoms with Crippen LogP contribution in [0.1, 0.15) is 19.8 Å². The van der Waals surface area contributed by atoms with Gasteiger partial charge in [-0.15, -0.1) is 0 Å². The molecule has 5 heteroatoms. The van der Waals surface area contributed by atoms with Crippen molar-refractivity contribution in [2.75, 3.05) is 13.1 Å². The minimum atomic E-state index is -3.55. The van der Waals surface area contributed by atoms with E-state index in [-0.39, 0.29) is 17.9 Å². The Morgan fingerprint density at radius 2 is 1.57 bits per heavy atom. The Morgan fingerprint density at radius 3 is 2.13 bits per heavy atom. The van der Waals surface area contributed by atoms with Gasteiger partial charge in [0.2, 0.25) is 10.0 Å². The SMILES string of the molecule is CCCN(CCC#N)S(=O)(=O)c1ccc(-c2ccccc2)cc1. The van der Waals surface area contributed by atoms with Crippen LogP contribution >= 0.6 is 0 Å². The zero-order chi connectivity index (χ0) is 16.7. The second-order valence-electron chi connectivity index (χ2n) is 5.20. The number of hydrogen-bond donors (Lipinski definition) is 0. The molecule has 0 heterocycles. The molecular weight excluding hydrogens is 308 g/mol. The first-order valence-corrected chi connectivity index (χ1v) is 9.06. The Labute approximate surface area is 138 Å². The third-order valence-electron chi connectivity index (χ3n) is 3.55. The second kappa shape index (κ2) is 7.91. The summed E-state index contributed by atoms with van der Waals surface area (Å²) in [5, 5.41) is 8.71. The molecular formula is C18H20N2O2S. The molecule has 0 amide bonds. The summed E-state index contributed by atoms with van der Waals surface area (Å²) in [7, 11) is -3.55. The van der Waals surface area contributed by atoms with Gasteiger partial charge in [-0.3, -0.25) is 0 Å². The van der Waals surface area contributed by atoms with E-state index in [0.29, 0.717) is 13.0 Å². The predicted octanol–water partition coefficient (Wildman–Crippen LogP) is 3.67. The molecule has 0 bridgehead atoms. The minimum Gasteiger partial charge on any atom is -0.207 e. The maximum Gasteiger partial charge on any atom is 0.243 e. The van der Waals surface area contributed by atoms with Crippen LogP contribution in [0.15, 0.2) is 59.5 Å². The lowest BCUT2D eigenvalue weighted by Gasteiger charge is -2.20. The molecule has 0 saturated carbocycles. The van der Waals surface area contributed by atoms with E-state index >= 15 is 0 Å². The average molecular weight is 328 g/mol. The predicted molar refractivity (Wildman–Crippen MR) is 91.2 cm³/mol. The number of nitrogens with zero attached hydrogens (tertiary/aromatic N) is 2. The van der Waals surface area contributed by atoms with Gasteiger partial charge in [0.05, 0.1) is 11.0 Å². The van der Waals surface area contributed by atoms with Gasteiger partial charge in [-0.05, 0) is 29.7 Å². The van der Waals surface area contributed by atoms with Gasteiger partial charge in [0.25, 0.3) is 0 Å². The molecule has 0 saturated heterocycles. The summed E-state index contributed by atoms with van der Waals surface area (Å²) in [6.45, 7) is 2.57.